The van der Waals surface area contributed by atoms with Crippen molar-refractivity contribution in [3.8, 4) is 5.75 Å². The normalized spacial score (nSPS) is 14.6. The zero-order chi connectivity index (χ0) is 18.8. The van der Waals surface area contributed by atoms with E-state index in [1.165, 1.54) is 5.57 Å². The summed E-state index contributed by atoms with van der Waals surface area (Å²) in [6.07, 6.45) is 7.26. The summed E-state index contributed by atoms with van der Waals surface area (Å²) in [5, 5.41) is 3.29. The number of para-hydroxylation sites is 1. The fourth-order valence-electron chi connectivity index (χ4n) is 3.40. The van der Waals surface area contributed by atoms with Crippen molar-refractivity contribution in [1.29, 1.82) is 0 Å². The van der Waals surface area contributed by atoms with Crippen molar-refractivity contribution < 1.29 is 13.5 Å². The van der Waals surface area contributed by atoms with Gasteiger partial charge in [-0.05, 0) is 31.5 Å². The molecule has 1 aromatic carbocycles. The van der Waals surface area contributed by atoms with E-state index in [1.54, 1.807) is 24.4 Å². The lowest BCUT2D eigenvalue weighted by Gasteiger charge is -2.14. The predicted octanol–water partition coefficient (Wildman–Crippen LogP) is 3.61. The van der Waals surface area contributed by atoms with Crippen LogP contribution in [0.25, 0.3) is 11.2 Å². The molecule has 0 atom stereocenters. The monoisotopic (exact) mass is 370 g/mol. The first-order valence-corrected chi connectivity index (χ1v) is 8.88. The van der Waals surface area contributed by atoms with Crippen molar-refractivity contribution in [1.82, 2.24) is 19.7 Å². The molecule has 7 heteroatoms. The average molecular weight is 370 g/mol. The number of aromatic nitrogens is 3. The van der Waals surface area contributed by atoms with Gasteiger partial charge in [0.05, 0.1) is 23.3 Å². The van der Waals surface area contributed by atoms with Crippen LogP contribution in [-0.2, 0) is 6.42 Å². The van der Waals surface area contributed by atoms with Gasteiger partial charge in [0.1, 0.15) is 5.75 Å². The largest absolute Gasteiger partial charge is 0.435 e. The molecule has 2 aromatic heterocycles. The molecule has 0 saturated carbocycles. The van der Waals surface area contributed by atoms with Crippen molar-refractivity contribution in [2.24, 2.45) is 0 Å². The van der Waals surface area contributed by atoms with E-state index >= 15 is 0 Å². The van der Waals surface area contributed by atoms with Crippen LogP contribution in [0.2, 0.25) is 0 Å². The van der Waals surface area contributed by atoms with Crippen LogP contribution in [0.1, 0.15) is 29.1 Å². The highest BCUT2D eigenvalue weighted by molar-refractivity contribution is 5.64. The number of nitrogens with zero attached hydrogens (tertiary/aromatic N) is 3. The first-order valence-electron chi connectivity index (χ1n) is 8.88. The Labute approximate surface area is 155 Å². The quantitative estimate of drug-likeness (QED) is 0.746. The lowest BCUT2D eigenvalue weighted by atomic mass is 10.1. The first-order chi connectivity index (χ1) is 13.1. The Balaban J connectivity index is 1.73. The van der Waals surface area contributed by atoms with Gasteiger partial charge in [-0.1, -0.05) is 24.3 Å². The van der Waals surface area contributed by atoms with E-state index in [1.807, 2.05) is 23.6 Å². The summed E-state index contributed by atoms with van der Waals surface area (Å²) in [6, 6.07) is 6.87. The Morgan fingerprint density at radius 3 is 2.93 bits per heavy atom. The van der Waals surface area contributed by atoms with E-state index < -0.39 is 6.61 Å². The van der Waals surface area contributed by atoms with Crippen LogP contribution in [0.15, 0.2) is 42.7 Å². The molecular formula is C20H20F2N4O. The number of hydrogen-bond acceptors (Lipinski definition) is 4. The molecule has 0 amide bonds. The molecule has 27 heavy (non-hydrogen) atoms. The molecule has 0 radical (unpaired) electrons. The lowest BCUT2D eigenvalue weighted by Crippen LogP contribution is -2.20. The van der Waals surface area contributed by atoms with Gasteiger partial charge in [0.2, 0.25) is 0 Å². The minimum absolute atomic E-state index is 0.192. The van der Waals surface area contributed by atoms with E-state index in [9.17, 15) is 8.78 Å². The molecule has 1 aliphatic heterocycles. The Hall–Kier alpha value is -2.80. The number of benzene rings is 1. The second-order valence-corrected chi connectivity index (χ2v) is 6.49. The van der Waals surface area contributed by atoms with Crippen molar-refractivity contribution in [2.75, 3.05) is 13.1 Å². The number of rotatable bonds is 5. The van der Waals surface area contributed by atoms with Crippen LogP contribution in [0, 0.1) is 6.92 Å². The van der Waals surface area contributed by atoms with Gasteiger partial charge in [-0.15, -0.1) is 0 Å². The Morgan fingerprint density at radius 2 is 2.15 bits per heavy atom. The van der Waals surface area contributed by atoms with E-state index in [2.05, 4.69) is 26.1 Å². The maximum absolute atomic E-state index is 12.7. The van der Waals surface area contributed by atoms with Gasteiger partial charge in [-0.3, -0.25) is 4.98 Å². The van der Waals surface area contributed by atoms with E-state index in [0.29, 0.717) is 12.0 Å². The highest BCUT2D eigenvalue weighted by Crippen LogP contribution is 2.26. The van der Waals surface area contributed by atoms with Crippen LogP contribution in [0.3, 0.4) is 0 Å². The first kappa shape index (κ1) is 17.6. The van der Waals surface area contributed by atoms with Crippen LogP contribution in [0.4, 0.5) is 8.78 Å². The van der Waals surface area contributed by atoms with Crippen LogP contribution < -0.4 is 10.1 Å². The molecule has 140 valence electrons. The van der Waals surface area contributed by atoms with Gasteiger partial charge in [0.15, 0.2) is 5.65 Å². The van der Waals surface area contributed by atoms with Gasteiger partial charge >= 0.3 is 6.61 Å². The molecule has 0 spiro atoms. The summed E-state index contributed by atoms with van der Waals surface area (Å²) in [6.45, 7) is 0.836. The fourth-order valence-corrected chi connectivity index (χ4v) is 3.40. The van der Waals surface area contributed by atoms with Gasteiger partial charge in [0.25, 0.3) is 0 Å². The number of halogens is 2. The molecule has 4 rings (SSSR count). The molecule has 0 saturated heterocycles. The summed E-state index contributed by atoms with van der Waals surface area (Å²) in [4.78, 5) is 9.11. The number of alkyl halides is 2. The summed E-state index contributed by atoms with van der Waals surface area (Å²) in [5.41, 5.74) is 5.35. The molecule has 3 heterocycles. The summed E-state index contributed by atoms with van der Waals surface area (Å²) < 4.78 is 32.1. The Morgan fingerprint density at radius 1 is 1.30 bits per heavy atom. The predicted molar refractivity (Wildman–Crippen MR) is 99.1 cm³/mol. The minimum Gasteiger partial charge on any atom is -0.435 e. The van der Waals surface area contributed by atoms with Gasteiger partial charge < -0.3 is 14.5 Å². The van der Waals surface area contributed by atoms with Gasteiger partial charge in [-0.2, -0.15) is 8.78 Å². The molecule has 0 bridgehead atoms. The summed E-state index contributed by atoms with van der Waals surface area (Å²) in [7, 11) is 0. The highest BCUT2D eigenvalue weighted by Gasteiger charge is 2.16. The zero-order valence-electron chi connectivity index (χ0n) is 15.0. The Kier molecular flexibility index (Phi) is 4.85. The molecule has 0 unspecified atom stereocenters. The molecule has 0 fully saturated rings. The van der Waals surface area contributed by atoms with Crippen LogP contribution >= 0.6 is 0 Å². The number of nitrogens with one attached hydrogen (secondary N) is 1. The highest BCUT2D eigenvalue weighted by atomic mass is 19.3. The standard InChI is InChI=1S/C20H20F2N4O/c1-13-17(10-15-4-2-3-5-18(15)27-20(21)22)26-12-16(24-11-19(26)25-13)14-6-8-23-9-7-14/h2-6,11-12,20,23H,7-10H2,1H3. The van der Waals surface area contributed by atoms with Crippen molar-refractivity contribution in [3.05, 3.63) is 65.4 Å². The summed E-state index contributed by atoms with van der Waals surface area (Å²) >= 11 is 0. The number of hydrogen-bond donors (Lipinski definition) is 1. The second kappa shape index (κ2) is 7.44. The molecule has 3 aromatic rings. The van der Waals surface area contributed by atoms with Crippen molar-refractivity contribution in [3.63, 3.8) is 0 Å². The third-order valence-corrected chi connectivity index (χ3v) is 4.75. The molecule has 0 aliphatic carbocycles. The second-order valence-electron chi connectivity index (χ2n) is 6.49. The van der Waals surface area contributed by atoms with Crippen LogP contribution in [-0.4, -0.2) is 34.1 Å². The molecular weight excluding hydrogens is 350 g/mol. The van der Waals surface area contributed by atoms with Crippen molar-refractivity contribution in [2.45, 2.75) is 26.4 Å². The van der Waals surface area contributed by atoms with Gasteiger partial charge in [0, 0.05) is 24.7 Å². The van der Waals surface area contributed by atoms with E-state index in [4.69, 9.17) is 0 Å². The fraction of sp³-hybridized carbons (Fsp3) is 0.300. The zero-order valence-corrected chi connectivity index (χ0v) is 15.0. The number of ether oxygens (including phenoxy) is 1. The topological polar surface area (TPSA) is 51.5 Å². The average Bonchev–Trinajstić information content (AvgIpc) is 2.98. The third kappa shape index (κ3) is 3.68. The lowest BCUT2D eigenvalue weighted by molar-refractivity contribution is -0.0503. The van der Waals surface area contributed by atoms with Crippen LogP contribution in [0.5, 0.6) is 5.75 Å². The number of fused-ring (bicyclic) bond motifs is 1. The van der Waals surface area contributed by atoms with Crippen molar-refractivity contribution >= 4 is 11.2 Å². The SMILES string of the molecule is Cc1nc2cnc(C3=CCNCC3)cn2c1Cc1ccccc1OC(F)F. The van der Waals surface area contributed by atoms with Gasteiger partial charge in [-0.25, -0.2) is 4.98 Å². The number of imidazole rings is 1. The van der Waals surface area contributed by atoms with E-state index in [0.717, 1.165) is 42.2 Å². The maximum Gasteiger partial charge on any atom is 0.387 e. The van der Waals surface area contributed by atoms with E-state index in [-0.39, 0.29) is 5.75 Å². The summed E-state index contributed by atoms with van der Waals surface area (Å²) in [5.74, 6) is 0.192. The molecule has 1 N–H and O–H groups in total. The maximum atomic E-state index is 12.7. The number of aryl methyl sites for hydroxylation is 1. The molecule has 1 aliphatic rings. The molecule has 5 nitrogen and oxygen atoms in total. The smallest absolute Gasteiger partial charge is 0.387 e. The Bertz CT molecular complexity index is 997. The minimum atomic E-state index is -2.85. The third-order valence-electron chi connectivity index (χ3n) is 4.75.